The van der Waals surface area contributed by atoms with Crippen molar-refractivity contribution in [1.82, 2.24) is 9.97 Å². The van der Waals surface area contributed by atoms with Crippen LogP contribution in [0.5, 0.6) is 0 Å². The fraction of sp³-hybridized carbons (Fsp3) is 0.333. The summed E-state index contributed by atoms with van der Waals surface area (Å²) in [6.45, 7) is 3.66. The molecular formula is C9H12N4OS. The van der Waals surface area contributed by atoms with Crippen LogP contribution in [-0.4, -0.2) is 20.9 Å². The minimum atomic E-state index is -0.299. The van der Waals surface area contributed by atoms with Crippen LogP contribution >= 0.6 is 12.2 Å². The van der Waals surface area contributed by atoms with Gasteiger partial charge >= 0.3 is 0 Å². The van der Waals surface area contributed by atoms with Crippen molar-refractivity contribution in [2.75, 3.05) is 5.32 Å². The first-order valence-electron chi connectivity index (χ1n) is 4.38. The molecule has 1 rings (SSSR count). The van der Waals surface area contributed by atoms with Gasteiger partial charge in [0.05, 0.1) is 11.4 Å². The van der Waals surface area contributed by atoms with E-state index in [1.54, 1.807) is 0 Å². The normalized spacial score (nSPS) is 9.73. The monoisotopic (exact) mass is 224 g/mol. The first-order valence-corrected chi connectivity index (χ1v) is 4.78. The molecule has 1 amide bonds. The van der Waals surface area contributed by atoms with Crippen molar-refractivity contribution in [3.05, 3.63) is 17.5 Å². The van der Waals surface area contributed by atoms with Gasteiger partial charge in [-0.2, -0.15) is 0 Å². The summed E-state index contributed by atoms with van der Waals surface area (Å²) in [4.78, 5) is 19.5. The van der Waals surface area contributed by atoms with E-state index in [9.17, 15) is 4.79 Å². The number of anilines is 1. The SMILES string of the molecule is Cc1cc(C)nc(NC(=O)CC(N)=S)n1. The van der Waals surface area contributed by atoms with Gasteiger partial charge in [-0.25, -0.2) is 9.97 Å². The molecule has 0 aliphatic carbocycles. The molecule has 0 saturated heterocycles. The Morgan fingerprint density at radius 1 is 1.47 bits per heavy atom. The second kappa shape index (κ2) is 4.79. The van der Waals surface area contributed by atoms with Crippen LogP contribution in [-0.2, 0) is 4.79 Å². The van der Waals surface area contributed by atoms with Gasteiger partial charge in [0.2, 0.25) is 11.9 Å². The first-order chi connectivity index (χ1) is 6.97. The molecule has 3 N–H and O–H groups in total. The minimum Gasteiger partial charge on any atom is -0.393 e. The van der Waals surface area contributed by atoms with Gasteiger partial charge in [-0.1, -0.05) is 12.2 Å². The zero-order chi connectivity index (χ0) is 11.4. The van der Waals surface area contributed by atoms with Gasteiger partial charge in [-0.05, 0) is 19.9 Å². The number of aromatic nitrogens is 2. The van der Waals surface area contributed by atoms with Crippen molar-refractivity contribution >= 4 is 29.1 Å². The van der Waals surface area contributed by atoms with Crippen molar-refractivity contribution < 1.29 is 4.79 Å². The third kappa shape index (κ3) is 3.99. The smallest absolute Gasteiger partial charge is 0.233 e. The quantitative estimate of drug-likeness (QED) is 0.739. The molecule has 0 radical (unpaired) electrons. The number of rotatable bonds is 3. The topological polar surface area (TPSA) is 80.9 Å². The van der Waals surface area contributed by atoms with Gasteiger partial charge in [0.25, 0.3) is 0 Å². The molecule has 1 aromatic rings. The maximum absolute atomic E-state index is 11.3. The summed E-state index contributed by atoms with van der Waals surface area (Å²) in [6, 6.07) is 1.82. The van der Waals surface area contributed by atoms with Crippen molar-refractivity contribution in [3.8, 4) is 0 Å². The molecule has 0 saturated carbocycles. The van der Waals surface area contributed by atoms with Crippen LogP contribution in [0, 0.1) is 13.8 Å². The van der Waals surface area contributed by atoms with Crippen LogP contribution < -0.4 is 11.1 Å². The Morgan fingerprint density at radius 3 is 2.47 bits per heavy atom. The summed E-state index contributed by atoms with van der Waals surface area (Å²) >= 11 is 4.62. The Hall–Kier alpha value is -1.56. The van der Waals surface area contributed by atoms with Crippen LogP contribution in [0.15, 0.2) is 6.07 Å². The predicted molar refractivity (Wildman–Crippen MR) is 61.5 cm³/mol. The van der Waals surface area contributed by atoms with Gasteiger partial charge in [-0.15, -0.1) is 0 Å². The lowest BCUT2D eigenvalue weighted by molar-refractivity contribution is -0.115. The van der Waals surface area contributed by atoms with Crippen LogP contribution in [0.2, 0.25) is 0 Å². The van der Waals surface area contributed by atoms with E-state index in [4.69, 9.17) is 5.73 Å². The van der Waals surface area contributed by atoms with E-state index in [2.05, 4.69) is 27.5 Å². The number of hydrogen-bond donors (Lipinski definition) is 2. The number of carbonyl (C=O) groups is 1. The maximum atomic E-state index is 11.3. The third-order valence-corrected chi connectivity index (χ3v) is 1.71. The Balaban J connectivity index is 2.72. The Kier molecular flexibility index (Phi) is 3.68. The van der Waals surface area contributed by atoms with E-state index in [1.165, 1.54) is 0 Å². The maximum Gasteiger partial charge on any atom is 0.233 e. The highest BCUT2D eigenvalue weighted by molar-refractivity contribution is 7.80. The molecule has 0 bridgehead atoms. The van der Waals surface area contributed by atoms with Crippen molar-refractivity contribution in [1.29, 1.82) is 0 Å². The Bertz CT molecular complexity index is 385. The molecule has 0 unspecified atom stereocenters. The molecular weight excluding hydrogens is 212 g/mol. The van der Waals surface area contributed by atoms with E-state index in [1.807, 2.05) is 19.9 Å². The van der Waals surface area contributed by atoms with Crippen LogP contribution in [0.25, 0.3) is 0 Å². The fourth-order valence-electron chi connectivity index (χ4n) is 1.11. The molecule has 6 heteroatoms. The van der Waals surface area contributed by atoms with Crippen LogP contribution in [0.3, 0.4) is 0 Å². The van der Waals surface area contributed by atoms with E-state index in [0.29, 0.717) is 0 Å². The number of hydrogen-bond acceptors (Lipinski definition) is 4. The Morgan fingerprint density at radius 2 is 2.00 bits per heavy atom. The van der Waals surface area contributed by atoms with Crippen molar-refractivity contribution in [2.45, 2.75) is 20.3 Å². The zero-order valence-electron chi connectivity index (χ0n) is 8.57. The van der Waals surface area contributed by atoms with Crippen LogP contribution in [0.1, 0.15) is 17.8 Å². The number of carbonyl (C=O) groups excluding carboxylic acids is 1. The number of aryl methyl sites for hydroxylation is 2. The average Bonchev–Trinajstić information content (AvgIpc) is 1.98. The van der Waals surface area contributed by atoms with Gasteiger partial charge in [0.15, 0.2) is 0 Å². The summed E-state index contributed by atoms with van der Waals surface area (Å²) in [5.74, 6) is -0.0127. The molecule has 0 aliphatic rings. The zero-order valence-corrected chi connectivity index (χ0v) is 9.39. The molecule has 80 valence electrons. The van der Waals surface area contributed by atoms with E-state index in [0.717, 1.165) is 11.4 Å². The molecule has 0 fully saturated rings. The van der Waals surface area contributed by atoms with Gasteiger partial charge in [0, 0.05) is 11.4 Å². The molecule has 0 aromatic carbocycles. The van der Waals surface area contributed by atoms with E-state index < -0.39 is 0 Å². The summed E-state index contributed by atoms with van der Waals surface area (Å²) in [7, 11) is 0. The van der Waals surface area contributed by atoms with Crippen molar-refractivity contribution in [2.24, 2.45) is 5.73 Å². The molecule has 15 heavy (non-hydrogen) atoms. The summed E-state index contributed by atoms with van der Waals surface area (Å²) < 4.78 is 0. The highest BCUT2D eigenvalue weighted by Crippen LogP contribution is 2.03. The van der Waals surface area contributed by atoms with Crippen molar-refractivity contribution in [3.63, 3.8) is 0 Å². The summed E-state index contributed by atoms with van der Waals surface area (Å²) in [5, 5.41) is 2.53. The lowest BCUT2D eigenvalue weighted by Gasteiger charge is -2.04. The first kappa shape index (κ1) is 11.5. The lowest BCUT2D eigenvalue weighted by atomic mass is 10.3. The lowest BCUT2D eigenvalue weighted by Crippen LogP contribution is -2.21. The minimum absolute atomic E-state index is 0.00564. The van der Waals surface area contributed by atoms with Gasteiger partial charge in [-0.3, -0.25) is 10.1 Å². The largest absolute Gasteiger partial charge is 0.393 e. The highest BCUT2D eigenvalue weighted by atomic mass is 32.1. The molecule has 0 aliphatic heterocycles. The number of nitrogens with one attached hydrogen (secondary N) is 1. The molecule has 1 heterocycles. The molecule has 0 spiro atoms. The molecule has 0 atom stereocenters. The third-order valence-electron chi connectivity index (χ3n) is 1.57. The second-order valence-electron chi connectivity index (χ2n) is 3.17. The second-order valence-corrected chi connectivity index (χ2v) is 3.69. The fourth-order valence-corrected chi connectivity index (χ4v) is 1.24. The summed E-state index contributed by atoms with van der Waals surface area (Å²) in [5.41, 5.74) is 6.83. The number of nitrogens with zero attached hydrogens (tertiary/aromatic N) is 2. The van der Waals surface area contributed by atoms with E-state index >= 15 is 0 Å². The average molecular weight is 224 g/mol. The van der Waals surface area contributed by atoms with Gasteiger partial charge < -0.3 is 5.73 Å². The highest BCUT2D eigenvalue weighted by Gasteiger charge is 2.06. The number of nitrogens with two attached hydrogens (primary N) is 1. The van der Waals surface area contributed by atoms with Crippen LogP contribution in [0.4, 0.5) is 5.95 Å². The Labute approximate surface area is 93.1 Å². The van der Waals surface area contributed by atoms with E-state index in [-0.39, 0.29) is 23.3 Å². The standard InChI is InChI=1S/C9H12N4OS/c1-5-3-6(2)12-9(11-5)13-8(14)4-7(10)15/h3H,4H2,1-2H3,(H2,10,15)(H,11,12,13,14). The molecule has 5 nitrogen and oxygen atoms in total. The summed E-state index contributed by atoms with van der Waals surface area (Å²) in [6.07, 6.45) is 0.00564. The number of thiocarbonyl (C=S) groups is 1. The number of amides is 1. The van der Waals surface area contributed by atoms with Gasteiger partial charge in [0.1, 0.15) is 0 Å². The predicted octanol–water partition coefficient (Wildman–Crippen LogP) is 0.708. The molecule has 1 aromatic heterocycles.